The number of likely N-dealkylation sites (tertiary alicyclic amines) is 1. The quantitative estimate of drug-likeness (QED) is 0.899. The van der Waals surface area contributed by atoms with Crippen molar-refractivity contribution in [1.82, 2.24) is 9.88 Å². The minimum atomic E-state index is -4.54. The number of hydrogen-bond acceptors (Lipinski definition) is 3. The Morgan fingerprint density at radius 2 is 1.95 bits per heavy atom. The molecular formula is C13H17F3N2O. The molecule has 1 saturated heterocycles. The van der Waals surface area contributed by atoms with Crippen molar-refractivity contribution in [2.24, 2.45) is 0 Å². The van der Waals surface area contributed by atoms with Crippen LogP contribution in [0.4, 0.5) is 13.2 Å². The second kappa shape index (κ2) is 5.09. The van der Waals surface area contributed by atoms with E-state index < -0.39 is 11.8 Å². The molecule has 0 saturated carbocycles. The maximum Gasteiger partial charge on any atom is 0.417 e. The maximum absolute atomic E-state index is 12.6. The monoisotopic (exact) mass is 274 g/mol. The first-order valence-electron chi connectivity index (χ1n) is 6.23. The molecule has 1 fully saturated rings. The van der Waals surface area contributed by atoms with Crippen molar-refractivity contribution >= 4 is 0 Å². The zero-order valence-corrected chi connectivity index (χ0v) is 10.7. The van der Waals surface area contributed by atoms with Crippen molar-refractivity contribution in [2.45, 2.75) is 38.1 Å². The summed E-state index contributed by atoms with van der Waals surface area (Å²) in [5.41, 5.74) is -0.638. The molecule has 2 rings (SSSR count). The third kappa shape index (κ3) is 3.25. The number of piperidine rings is 1. The minimum absolute atomic E-state index is 0.228. The average molecular weight is 274 g/mol. The van der Waals surface area contributed by atoms with Gasteiger partial charge < -0.3 is 5.11 Å². The first-order chi connectivity index (χ1) is 8.80. The number of aromatic nitrogens is 1. The Bertz CT molecular complexity index is 423. The fourth-order valence-corrected chi connectivity index (χ4v) is 2.19. The van der Waals surface area contributed by atoms with Gasteiger partial charge in [-0.05, 0) is 31.4 Å². The number of halogens is 3. The van der Waals surface area contributed by atoms with E-state index in [0.717, 1.165) is 11.3 Å². The Balaban J connectivity index is 1.92. The summed E-state index contributed by atoms with van der Waals surface area (Å²) < 4.78 is 37.9. The molecule has 6 heteroatoms. The Labute approximate surface area is 110 Å². The second-order valence-corrected chi connectivity index (χ2v) is 5.13. The third-order valence-corrected chi connectivity index (χ3v) is 3.57. The molecule has 0 radical (unpaired) electrons. The Morgan fingerprint density at radius 3 is 2.42 bits per heavy atom. The summed E-state index contributed by atoms with van der Waals surface area (Å²) in [6.07, 6.45) is -3.35. The van der Waals surface area contributed by atoms with Gasteiger partial charge in [-0.3, -0.25) is 9.88 Å². The van der Waals surface area contributed by atoms with E-state index in [1.54, 1.807) is 6.20 Å². The van der Waals surface area contributed by atoms with Gasteiger partial charge in [0.25, 0.3) is 0 Å². The highest BCUT2D eigenvalue weighted by Gasteiger charge is 2.54. The van der Waals surface area contributed by atoms with Crippen molar-refractivity contribution in [3.8, 4) is 0 Å². The third-order valence-electron chi connectivity index (χ3n) is 3.57. The standard InChI is InChI=1S/C13H17F3N2O/c1-10-2-3-11(17-8-10)9-18-6-4-12(19,5-7-18)13(14,15)16/h2-3,8,19H,4-7,9H2,1H3. The van der Waals surface area contributed by atoms with E-state index in [2.05, 4.69) is 4.98 Å². The van der Waals surface area contributed by atoms with Gasteiger partial charge in [-0.15, -0.1) is 0 Å². The van der Waals surface area contributed by atoms with E-state index in [9.17, 15) is 18.3 Å². The molecule has 1 aromatic rings. The zero-order valence-electron chi connectivity index (χ0n) is 10.7. The van der Waals surface area contributed by atoms with E-state index >= 15 is 0 Å². The van der Waals surface area contributed by atoms with Gasteiger partial charge in [-0.25, -0.2) is 0 Å². The lowest BCUT2D eigenvalue weighted by atomic mass is 9.91. The van der Waals surface area contributed by atoms with E-state index in [1.807, 2.05) is 24.0 Å². The molecule has 1 aliphatic heterocycles. The molecule has 0 unspecified atom stereocenters. The lowest BCUT2D eigenvalue weighted by Crippen LogP contribution is -2.53. The number of aliphatic hydroxyl groups is 1. The van der Waals surface area contributed by atoms with Gasteiger partial charge >= 0.3 is 6.18 Å². The molecule has 0 aliphatic carbocycles. The van der Waals surface area contributed by atoms with Crippen LogP contribution in [0.1, 0.15) is 24.1 Å². The lowest BCUT2D eigenvalue weighted by molar-refractivity contribution is -0.272. The SMILES string of the molecule is Cc1ccc(CN2CCC(O)(C(F)(F)F)CC2)nc1. The predicted octanol–water partition coefficient (Wildman–Crippen LogP) is 2.28. The van der Waals surface area contributed by atoms with Crippen molar-refractivity contribution < 1.29 is 18.3 Å². The summed E-state index contributed by atoms with van der Waals surface area (Å²) in [7, 11) is 0. The molecule has 0 atom stereocenters. The lowest BCUT2D eigenvalue weighted by Gasteiger charge is -2.38. The molecule has 2 heterocycles. The maximum atomic E-state index is 12.6. The number of nitrogens with zero attached hydrogens (tertiary/aromatic N) is 2. The molecule has 106 valence electrons. The normalized spacial score (nSPS) is 20.5. The van der Waals surface area contributed by atoms with Crippen LogP contribution < -0.4 is 0 Å². The average Bonchev–Trinajstić information content (AvgIpc) is 2.34. The van der Waals surface area contributed by atoms with E-state index in [1.165, 1.54) is 0 Å². The van der Waals surface area contributed by atoms with Crippen LogP contribution in [0.5, 0.6) is 0 Å². The Kier molecular flexibility index (Phi) is 3.82. The number of alkyl halides is 3. The van der Waals surface area contributed by atoms with Crippen molar-refractivity contribution in [3.05, 3.63) is 29.6 Å². The van der Waals surface area contributed by atoms with Gasteiger partial charge in [0.2, 0.25) is 0 Å². The Hall–Kier alpha value is -1.14. The van der Waals surface area contributed by atoms with Crippen LogP contribution >= 0.6 is 0 Å². The smallest absolute Gasteiger partial charge is 0.380 e. The van der Waals surface area contributed by atoms with Crippen molar-refractivity contribution in [3.63, 3.8) is 0 Å². The molecule has 0 amide bonds. The molecule has 1 aromatic heterocycles. The summed E-state index contributed by atoms with van der Waals surface area (Å²) >= 11 is 0. The van der Waals surface area contributed by atoms with E-state index in [-0.39, 0.29) is 25.9 Å². The number of pyridine rings is 1. The molecule has 1 N–H and O–H groups in total. The number of hydrogen-bond donors (Lipinski definition) is 1. The van der Waals surface area contributed by atoms with Crippen LogP contribution in [0.25, 0.3) is 0 Å². The van der Waals surface area contributed by atoms with Gasteiger partial charge in [0, 0.05) is 25.8 Å². The molecular weight excluding hydrogens is 257 g/mol. The molecule has 0 bridgehead atoms. The summed E-state index contributed by atoms with van der Waals surface area (Å²) in [5.74, 6) is 0. The van der Waals surface area contributed by atoms with Crippen LogP contribution in [0.15, 0.2) is 18.3 Å². The predicted molar refractivity (Wildman–Crippen MR) is 64.5 cm³/mol. The second-order valence-electron chi connectivity index (χ2n) is 5.13. The van der Waals surface area contributed by atoms with E-state index in [0.29, 0.717) is 6.54 Å². The van der Waals surface area contributed by atoms with Gasteiger partial charge in [-0.2, -0.15) is 13.2 Å². The fourth-order valence-electron chi connectivity index (χ4n) is 2.19. The highest BCUT2D eigenvalue weighted by molar-refractivity contribution is 5.12. The van der Waals surface area contributed by atoms with Gasteiger partial charge in [0.05, 0.1) is 5.69 Å². The molecule has 0 spiro atoms. The molecule has 1 aliphatic rings. The van der Waals surface area contributed by atoms with Crippen molar-refractivity contribution in [2.75, 3.05) is 13.1 Å². The van der Waals surface area contributed by atoms with Crippen LogP contribution in [0.2, 0.25) is 0 Å². The summed E-state index contributed by atoms with van der Waals surface area (Å²) in [6, 6.07) is 3.80. The van der Waals surface area contributed by atoms with Crippen LogP contribution in [0, 0.1) is 6.92 Å². The molecule has 0 aromatic carbocycles. The van der Waals surface area contributed by atoms with Gasteiger partial charge in [0.1, 0.15) is 0 Å². The molecule has 3 nitrogen and oxygen atoms in total. The summed E-state index contributed by atoms with van der Waals surface area (Å²) in [6.45, 7) is 2.91. The highest BCUT2D eigenvalue weighted by Crippen LogP contribution is 2.38. The van der Waals surface area contributed by atoms with Crippen LogP contribution in [-0.4, -0.2) is 39.9 Å². The largest absolute Gasteiger partial charge is 0.417 e. The molecule has 19 heavy (non-hydrogen) atoms. The van der Waals surface area contributed by atoms with Gasteiger partial charge in [0.15, 0.2) is 5.60 Å². The minimum Gasteiger partial charge on any atom is -0.380 e. The topological polar surface area (TPSA) is 36.4 Å². The summed E-state index contributed by atoms with van der Waals surface area (Å²) in [4.78, 5) is 6.12. The first-order valence-corrected chi connectivity index (χ1v) is 6.23. The summed E-state index contributed by atoms with van der Waals surface area (Å²) in [5, 5.41) is 9.56. The number of rotatable bonds is 2. The van der Waals surface area contributed by atoms with E-state index in [4.69, 9.17) is 0 Å². The first kappa shape index (κ1) is 14.3. The number of aryl methyl sites for hydroxylation is 1. The van der Waals surface area contributed by atoms with Crippen LogP contribution in [0.3, 0.4) is 0 Å². The van der Waals surface area contributed by atoms with Crippen molar-refractivity contribution in [1.29, 1.82) is 0 Å². The van der Waals surface area contributed by atoms with Gasteiger partial charge in [-0.1, -0.05) is 6.07 Å². The zero-order chi connectivity index (χ0) is 14.1. The Morgan fingerprint density at radius 1 is 1.32 bits per heavy atom. The fraction of sp³-hybridized carbons (Fsp3) is 0.615. The van der Waals surface area contributed by atoms with Crippen LogP contribution in [-0.2, 0) is 6.54 Å². The highest BCUT2D eigenvalue weighted by atomic mass is 19.4.